The van der Waals surface area contributed by atoms with Gasteiger partial charge < -0.3 is 10.1 Å². The van der Waals surface area contributed by atoms with Gasteiger partial charge in [0.2, 0.25) is 11.9 Å². The van der Waals surface area contributed by atoms with Crippen molar-refractivity contribution in [2.24, 2.45) is 0 Å². The van der Waals surface area contributed by atoms with Gasteiger partial charge in [-0.1, -0.05) is 0 Å². The Morgan fingerprint density at radius 3 is 2.29 bits per heavy atom. The van der Waals surface area contributed by atoms with Crippen LogP contribution in [0, 0.1) is 0 Å². The second kappa shape index (κ2) is 4.56. The Kier molecular flexibility index (Phi) is 3.41. The monoisotopic (exact) mass is 198 g/mol. The summed E-state index contributed by atoms with van der Waals surface area (Å²) in [5, 5.41) is 4.54. The van der Waals surface area contributed by atoms with Gasteiger partial charge in [0.1, 0.15) is 0 Å². The number of nitrogens with zero attached hydrogens (tertiary/aromatic N) is 4. The summed E-state index contributed by atoms with van der Waals surface area (Å²) >= 11 is 0. The van der Waals surface area contributed by atoms with Crippen molar-refractivity contribution in [3.05, 3.63) is 0 Å². The molecule has 1 aromatic heterocycles. The first-order valence-corrected chi connectivity index (χ1v) is 4.07. The zero-order valence-electron chi connectivity index (χ0n) is 8.70. The predicted molar refractivity (Wildman–Crippen MR) is 53.2 cm³/mol. The molecule has 1 aromatic rings. The van der Waals surface area contributed by atoms with Gasteiger partial charge in [0.15, 0.2) is 0 Å². The maximum absolute atomic E-state index is 4.92. The molecule has 0 unspecified atom stereocenters. The molecule has 0 aliphatic carbocycles. The lowest BCUT2D eigenvalue weighted by molar-refractivity contribution is 0.377. The van der Waals surface area contributed by atoms with Crippen molar-refractivity contribution in [1.29, 1.82) is 0 Å². The summed E-state index contributed by atoms with van der Waals surface area (Å²) in [5.41, 5.74) is 2.91. The van der Waals surface area contributed by atoms with Crippen LogP contribution in [0.15, 0.2) is 0 Å². The number of methoxy groups -OCH3 is 1. The second-order valence-corrected chi connectivity index (χ2v) is 2.73. The van der Waals surface area contributed by atoms with E-state index in [-0.39, 0.29) is 6.01 Å². The summed E-state index contributed by atoms with van der Waals surface area (Å²) in [6.45, 7) is 0. The van der Waals surface area contributed by atoms with E-state index < -0.39 is 0 Å². The van der Waals surface area contributed by atoms with Crippen LogP contribution in [0.4, 0.5) is 11.9 Å². The first kappa shape index (κ1) is 10.5. The third-order valence-corrected chi connectivity index (χ3v) is 1.34. The first-order chi connectivity index (χ1) is 6.65. The van der Waals surface area contributed by atoms with Crippen molar-refractivity contribution in [1.82, 2.24) is 20.0 Å². The fourth-order valence-corrected chi connectivity index (χ4v) is 0.810. The summed E-state index contributed by atoms with van der Waals surface area (Å²) < 4.78 is 4.92. The van der Waals surface area contributed by atoms with E-state index in [9.17, 15) is 0 Å². The smallest absolute Gasteiger partial charge is 0.322 e. The minimum Gasteiger partial charge on any atom is -0.467 e. The fourth-order valence-electron chi connectivity index (χ4n) is 0.810. The van der Waals surface area contributed by atoms with Crippen LogP contribution in [0.3, 0.4) is 0 Å². The molecule has 0 aromatic carbocycles. The first-order valence-electron chi connectivity index (χ1n) is 4.07. The van der Waals surface area contributed by atoms with E-state index in [0.717, 1.165) is 0 Å². The number of hydrogen-bond acceptors (Lipinski definition) is 7. The van der Waals surface area contributed by atoms with Crippen LogP contribution in [0.2, 0.25) is 0 Å². The van der Waals surface area contributed by atoms with Crippen molar-refractivity contribution in [3.8, 4) is 6.01 Å². The highest BCUT2D eigenvalue weighted by Crippen LogP contribution is 2.09. The molecule has 0 bridgehead atoms. The van der Waals surface area contributed by atoms with Gasteiger partial charge in [-0.3, -0.25) is 5.43 Å². The minimum absolute atomic E-state index is 0.272. The molecule has 0 radical (unpaired) electrons. The lowest BCUT2D eigenvalue weighted by atomic mass is 10.8. The summed E-state index contributed by atoms with van der Waals surface area (Å²) in [4.78, 5) is 12.0. The van der Waals surface area contributed by atoms with Crippen LogP contribution in [0.25, 0.3) is 0 Å². The van der Waals surface area contributed by atoms with Gasteiger partial charge in [0, 0.05) is 21.1 Å². The molecule has 14 heavy (non-hydrogen) atoms. The Hall–Kier alpha value is -1.63. The molecule has 0 spiro atoms. The van der Waals surface area contributed by atoms with Crippen LogP contribution >= 0.6 is 0 Å². The molecular weight excluding hydrogens is 184 g/mol. The van der Waals surface area contributed by atoms with Crippen molar-refractivity contribution in [2.45, 2.75) is 0 Å². The SMILES string of the molecule is CNc1nc(NN(C)C)nc(OC)n1. The van der Waals surface area contributed by atoms with E-state index in [4.69, 9.17) is 4.74 Å². The number of hydrazine groups is 1. The number of ether oxygens (including phenoxy) is 1. The lowest BCUT2D eigenvalue weighted by Gasteiger charge is -2.12. The summed E-state index contributed by atoms with van der Waals surface area (Å²) in [7, 11) is 6.92. The minimum atomic E-state index is 0.272. The van der Waals surface area contributed by atoms with Crippen LogP contribution in [0.5, 0.6) is 6.01 Å². The number of aromatic nitrogens is 3. The van der Waals surface area contributed by atoms with Gasteiger partial charge in [0.05, 0.1) is 7.11 Å². The number of anilines is 2. The van der Waals surface area contributed by atoms with Crippen LogP contribution < -0.4 is 15.5 Å². The number of hydrogen-bond donors (Lipinski definition) is 2. The molecule has 0 amide bonds. The third kappa shape index (κ3) is 2.70. The standard InChI is InChI=1S/C7H14N6O/c1-8-5-9-6(12-13(2)3)11-7(10-5)14-4/h1-4H3,(H2,8,9,10,11,12). The Morgan fingerprint density at radius 1 is 1.14 bits per heavy atom. The molecule has 0 saturated carbocycles. The van der Waals surface area contributed by atoms with E-state index in [1.54, 1.807) is 12.1 Å². The van der Waals surface area contributed by atoms with E-state index in [2.05, 4.69) is 25.7 Å². The van der Waals surface area contributed by atoms with Gasteiger partial charge in [-0.05, 0) is 0 Å². The predicted octanol–water partition coefficient (Wildman–Crippen LogP) is -0.190. The molecule has 0 atom stereocenters. The average Bonchev–Trinajstić information content (AvgIpc) is 2.16. The average molecular weight is 198 g/mol. The van der Waals surface area contributed by atoms with E-state index >= 15 is 0 Å². The molecule has 0 saturated heterocycles. The molecule has 2 N–H and O–H groups in total. The molecule has 0 aliphatic heterocycles. The Morgan fingerprint density at radius 2 is 1.79 bits per heavy atom. The maximum atomic E-state index is 4.92. The lowest BCUT2D eigenvalue weighted by Crippen LogP contribution is -2.22. The largest absolute Gasteiger partial charge is 0.467 e. The summed E-state index contributed by atoms with van der Waals surface area (Å²) in [6, 6.07) is 0.272. The normalized spacial score (nSPS) is 10.1. The molecule has 0 aliphatic rings. The molecular formula is C7H14N6O. The number of rotatable bonds is 4. The van der Waals surface area contributed by atoms with Crippen LogP contribution in [0.1, 0.15) is 0 Å². The molecule has 1 rings (SSSR count). The second-order valence-electron chi connectivity index (χ2n) is 2.73. The zero-order chi connectivity index (χ0) is 10.6. The highest BCUT2D eigenvalue weighted by molar-refractivity contribution is 5.34. The molecule has 78 valence electrons. The molecule has 1 heterocycles. The van der Waals surface area contributed by atoms with Crippen molar-refractivity contribution >= 4 is 11.9 Å². The molecule has 7 heteroatoms. The van der Waals surface area contributed by atoms with Gasteiger partial charge >= 0.3 is 6.01 Å². The fraction of sp³-hybridized carbons (Fsp3) is 0.571. The van der Waals surface area contributed by atoms with Crippen molar-refractivity contribution < 1.29 is 4.74 Å². The zero-order valence-corrected chi connectivity index (χ0v) is 8.70. The summed E-state index contributed by atoms with van der Waals surface area (Å²) in [6.07, 6.45) is 0. The van der Waals surface area contributed by atoms with Gasteiger partial charge in [-0.2, -0.15) is 15.0 Å². The quantitative estimate of drug-likeness (QED) is 0.649. The Balaban J connectivity index is 2.92. The maximum Gasteiger partial charge on any atom is 0.322 e. The van der Waals surface area contributed by atoms with E-state index in [1.807, 2.05) is 14.1 Å². The van der Waals surface area contributed by atoms with E-state index in [1.165, 1.54) is 7.11 Å². The highest BCUT2D eigenvalue weighted by atomic mass is 16.5. The molecule has 7 nitrogen and oxygen atoms in total. The third-order valence-electron chi connectivity index (χ3n) is 1.34. The van der Waals surface area contributed by atoms with Crippen molar-refractivity contribution in [3.63, 3.8) is 0 Å². The van der Waals surface area contributed by atoms with Crippen molar-refractivity contribution in [2.75, 3.05) is 39.0 Å². The summed E-state index contributed by atoms with van der Waals surface area (Å²) in [5.74, 6) is 0.896. The van der Waals surface area contributed by atoms with Gasteiger partial charge in [-0.25, -0.2) is 5.01 Å². The van der Waals surface area contributed by atoms with Gasteiger partial charge in [0.25, 0.3) is 0 Å². The Bertz CT molecular complexity index is 280. The van der Waals surface area contributed by atoms with E-state index in [0.29, 0.717) is 11.9 Å². The highest BCUT2D eigenvalue weighted by Gasteiger charge is 2.05. The molecule has 0 fully saturated rings. The topological polar surface area (TPSA) is 75.2 Å². The van der Waals surface area contributed by atoms with Crippen LogP contribution in [-0.2, 0) is 0 Å². The Labute approximate surface area is 82.5 Å². The van der Waals surface area contributed by atoms with Crippen LogP contribution in [-0.4, -0.2) is 48.2 Å². The number of nitrogens with one attached hydrogen (secondary N) is 2. The van der Waals surface area contributed by atoms with Gasteiger partial charge in [-0.15, -0.1) is 0 Å².